The van der Waals surface area contributed by atoms with E-state index >= 15 is 0 Å². The third-order valence-electron chi connectivity index (χ3n) is 2.73. The molecule has 0 saturated heterocycles. The van der Waals surface area contributed by atoms with Crippen LogP contribution in [0.2, 0.25) is 0 Å². The Kier molecular flexibility index (Phi) is 2.72. The molecule has 2 aromatic heterocycles. The van der Waals surface area contributed by atoms with Gasteiger partial charge >= 0.3 is 0 Å². The number of rotatable bonds is 2. The normalized spacial score (nSPS) is 10.6. The Labute approximate surface area is 108 Å². The van der Waals surface area contributed by atoms with E-state index in [-0.39, 0.29) is 11.5 Å². The van der Waals surface area contributed by atoms with Crippen molar-refractivity contribution in [1.29, 1.82) is 0 Å². The third kappa shape index (κ3) is 2.30. The summed E-state index contributed by atoms with van der Waals surface area (Å²) in [7, 11) is 0. The number of benzene rings is 1. The van der Waals surface area contributed by atoms with Crippen molar-refractivity contribution < 1.29 is 9.18 Å². The van der Waals surface area contributed by atoms with Crippen LogP contribution in [0.25, 0.3) is 5.65 Å². The van der Waals surface area contributed by atoms with Gasteiger partial charge in [0.25, 0.3) is 5.91 Å². The quantitative estimate of drug-likeness (QED) is 0.765. The molecule has 0 radical (unpaired) electrons. The predicted molar refractivity (Wildman–Crippen MR) is 69.5 cm³/mol. The van der Waals surface area contributed by atoms with Crippen LogP contribution in [0.15, 0.2) is 55.0 Å². The third-order valence-corrected chi connectivity index (χ3v) is 2.73. The van der Waals surface area contributed by atoms with Gasteiger partial charge in [0.2, 0.25) is 0 Å². The molecule has 1 amide bonds. The van der Waals surface area contributed by atoms with Crippen molar-refractivity contribution in [3.8, 4) is 0 Å². The number of nitrogens with one attached hydrogen (secondary N) is 1. The molecule has 19 heavy (non-hydrogen) atoms. The molecule has 3 aromatic rings. The first-order chi connectivity index (χ1) is 9.22. The smallest absolute Gasteiger partial charge is 0.255 e. The van der Waals surface area contributed by atoms with E-state index in [1.807, 2.05) is 0 Å². The first-order valence-corrected chi connectivity index (χ1v) is 5.72. The molecule has 0 aliphatic heterocycles. The average molecular weight is 255 g/mol. The first-order valence-electron chi connectivity index (χ1n) is 5.72. The highest BCUT2D eigenvalue weighted by Crippen LogP contribution is 2.12. The van der Waals surface area contributed by atoms with Crippen molar-refractivity contribution in [1.82, 2.24) is 9.38 Å². The van der Waals surface area contributed by atoms with Crippen molar-refractivity contribution in [2.45, 2.75) is 0 Å². The lowest BCUT2D eigenvalue weighted by Crippen LogP contribution is -2.12. The van der Waals surface area contributed by atoms with Gasteiger partial charge in [-0.25, -0.2) is 9.37 Å². The standard InChI is InChI=1S/C14H10FN3O/c15-11-3-1-2-10(8-11)14(19)17-12-4-5-13-16-6-7-18(13)9-12/h1-9H,(H,17,19). The van der Waals surface area contributed by atoms with Gasteiger partial charge in [0, 0.05) is 24.2 Å². The summed E-state index contributed by atoms with van der Waals surface area (Å²) in [6, 6.07) is 9.11. The Hall–Kier alpha value is -2.69. The van der Waals surface area contributed by atoms with Crippen LogP contribution in [0.5, 0.6) is 0 Å². The van der Waals surface area contributed by atoms with Gasteiger partial charge in [-0.2, -0.15) is 0 Å². The molecule has 0 aliphatic carbocycles. The molecule has 5 heteroatoms. The summed E-state index contributed by atoms with van der Waals surface area (Å²) in [5.74, 6) is -0.781. The van der Waals surface area contributed by atoms with Crippen LogP contribution in [-0.2, 0) is 0 Å². The Balaban J connectivity index is 1.86. The zero-order valence-electron chi connectivity index (χ0n) is 9.88. The number of amides is 1. The summed E-state index contributed by atoms with van der Waals surface area (Å²) in [6.45, 7) is 0. The summed E-state index contributed by atoms with van der Waals surface area (Å²) in [4.78, 5) is 16.0. The zero-order valence-corrected chi connectivity index (χ0v) is 9.88. The molecule has 1 aromatic carbocycles. The number of aromatic nitrogens is 2. The highest BCUT2D eigenvalue weighted by atomic mass is 19.1. The van der Waals surface area contributed by atoms with Crippen LogP contribution < -0.4 is 5.32 Å². The Bertz CT molecular complexity index is 751. The van der Waals surface area contributed by atoms with E-state index < -0.39 is 5.82 Å². The van der Waals surface area contributed by atoms with E-state index in [2.05, 4.69) is 10.3 Å². The van der Waals surface area contributed by atoms with E-state index in [9.17, 15) is 9.18 Å². The molecule has 1 N–H and O–H groups in total. The zero-order chi connectivity index (χ0) is 13.2. The second kappa shape index (κ2) is 4.53. The molecule has 0 unspecified atom stereocenters. The second-order valence-electron chi connectivity index (χ2n) is 4.07. The number of carbonyl (C=O) groups excluding carboxylic acids is 1. The average Bonchev–Trinajstić information content (AvgIpc) is 2.86. The maximum Gasteiger partial charge on any atom is 0.255 e. The highest BCUT2D eigenvalue weighted by Gasteiger charge is 2.07. The molecule has 0 atom stereocenters. The number of fused-ring (bicyclic) bond motifs is 1. The van der Waals surface area contributed by atoms with Crippen LogP contribution >= 0.6 is 0 Å². The number of hydrogen-bond donors (Lipinski definition) is 1. The van der Waals surface area contributed by atoms with Gasteiger partial charge in [0.15, 0.2) is 0 Å². The summed E-state index contributed by atoms with van der Waals surface area (Å²) >= 11 is 0. The van der Waals surface area contributed by atoms with Crippen molar-refractivity contribution in [2.75, 3.05) is 5.32 Å². The van der Waals surface area contributed by atoms with Crippen molar-refractivity contribution >= 4 is 17.2 Å². The lowest BCUT2D eigenvalue weighted by atomic mass is 10.2. The fourth-order valence-corrected chi connectivity index (χ4v) is 1.83. The fourth-order valence-electron chi connectivity index (χ4n) is 1.83. The Morgan fingerprint density at radius 1 is 1.26 bits per heavy atom. The number of halogens is 1. The van der Waals surface area contributed by atoms with E-state index in [0.717, 1.165) is 5.65 Å². The lowest BCUT2D eigenvalue weighted by Gasteiger charge is -2.05. The lowest BCUT2D eigenvalue weighted by molar-refractivity contribution is 0.102. The molecule has 94 valence electrons. The molecule has 4 nitrogen and oxygen atoms in total. The number of hydrogen-bond acceptors (Lipinski definition) is 2. The van der Waals surface area contributed by atoms with Crippen molar-refractivity contribution in [3.05, 3.63) is 66.4 Å². The van der Waals surface area contributed by atoms with Crippen molar-refractivity contribution in [2.24, 2.45) is 0 Å². The molecule has 0 spiro atoms. The molecule has 2 heterocycles. The van der Waals surface area contributed by atoms with Gasteiger partial charge in [0.1, 0.15) is 11.5 Å². The maximum atomic E-state index is 13.0. The van der Waals surface area contributed by atoms with Crippen LogP contribution in [0, 0.1) is 5.82 Å². The molecular weight excluding hydrogens is 245 g/mol. The number of anilines is 1. The molecule has 0 aliphatic rings. The summed E-state index contributed by atoms with van der Waals surface area (Å²) in [5.41, 5.74) is 1.70. The van der Waals surface area contributed by atoms with Gasteiger partial charge in [-0.15, -0.1) is 0 Å². The minimum atomic E-state index is -0.433. The van der Waals surface area contributed by atoms with Gasteiger partial charge < -0.3 is 9.72 Å². The van der Waals surface area contributed by atoms with E-state index in [0.29, 0.717) is 5.69 Å². The SMILES string of the molecule is O=C(Nc1ccc2nccn2c1)c1cccc(F)c1. The molecule has 0 saturated carbocycles. The minimum absolute atomic E-state index is 0.283. The Morgan fingerprint density at radius 2 is 2.16 bits per heavy atom. The van der Waals surface area contributed by atoms with Gasteiger partial charge in [-0.3, -0.25) is 4.79 Å². The van der Waals surface area contributed by atoms with Gasteiger partial charge in [-0.1, -0.05) is 6.07 Å². The predicted octanol–water partition coefficient (Wildman–Crippen LogP) is 2.73. The maximum absolute atomic E-state index is 13.0. The van der Waals surface area contributed by atoms with Crippen molar-refractivity contribution in [3.63, 3.8) is 0 Å². The summed E-state index contributed by atoms with van der Waals surface area (Å²) < 4.78 is 14.8. The largest absolute Gasteiger partial charge is 0.321 e. The van der Waals surface area contributed by atoms with E-state index in [1.165, 1.54) is 18.2 Å². The molecule has 3 rings (SSSR count). The van der Waals surface area contributed by atoms with E-state index in [1.54, 1.807) is 41.2 Å². The molecule has 0 bridgehead atoms. The first kappa shape index (κ1) is 11.4. The highest BCUT2D eigenvalue weighted by molar-refractivity contribution is 6.04. The number of carbonyl (C=O) groups is 1. The second-order valence-corrected chi connectivity index (χ2v) is 4.07. The fraction of sp³-hybridized carbons (Fsp3) is 0. The van der Waals surface area contributed by atoms with Crippen LogP contribution in [0.1, 0.15) is 10.4 Å². The molecule has 0 fully saturated rings. The van der Waals surface area contributed by atoms with Crippen LogP contribution in [-0.4, -0.2) is 15.3 Å². The summed E-state index contributed by atoms with van der Waals surface area (Å²) in [5, 5.41) is 2.71. The van der Waals surface area contributed by atoms with Crippen LogP contribution in [0.3, 0.4) is 0 Å². The van der Waals surface area contributed by atoms with Crippen LogP contribution in [0.4, 0.5) is 10.1 Å². The molecular formula is C14H10FN3O. The minimum Gasteiger partial charge on any atom is -0.321 e. The van der Waals surface area contributed by atoms with Gasteiger partial charge in [-0.05, 0) is 30.3 Å². The number of nitrogens with zero attached hydrogens (tertiary/aromatic N) is 2. The van der Waals surface area contributed by atoms with E-state index in [4.69, 9.17) is 0 Å². The summed E-state index contributed by atoms with van der Waals surface area (Å²) in [6.07, 6.45) is 5.21. The van der Waals surface area contributed by atoms with Gasteiger partial charge in [0.05, 0.1) is 5.69 Å². The number of imidazole rings is 1. The Morgan fingerprint density at radius 3 is 3.00 bits per heavy atom. The number of pyridine rings is 1. The monoisotopic (exact) mass is 255 g/mol. The topological polar surface area (TPSA) is 46.4 Å².